The summed E-state index contributed by atoms with van der Waals surface area (Å²) in [6.07, 6.45) is 1.91. The van der Waals surface area contributed by atoms with Crippen LogP contribution in [-0.4, -0.2) is 16.5 Å². The number of aryl methyl sites for hydroxylation is 2. The molecule has 0 radical (unpaired) electrons. The van der Waals surface area contributed by atoms with Gasteiger partial charge >= 0.3 is 0 Å². The molecular weight excluding hydrogens is 253 g/mol. The zero-order valence-electron chi connectivity index (χ0n) is 12.2. The van der Waals surface area contributed by atoms with Crippen molar-refractivity contribution in [2.45, 2.75) is 33.6 Å². The molecule has 4 heteroatoms. The Morgan fingerprint density at radius 1 is 1.10 bits per heavy atom. The van der Waals surface area contributed by atoms with Crippen LogP contribution in [0.15, 0.2) is 24.3 Å². The number of hydrogen-bond acceptors (Lipinski definition) is 3. The monoisotopic (exact) mass is 273 g/mol. The van der Waals surface area contributed by atoms with Gasteiger partial charge in [0.2, 0.25) is 0 Å². The molecule has 3 nitrogen and oxygen atoms in total. The number of nitrogens with zero attached hydrogens (tertiary/aromatic N) is 2. The maximum absolute atomic E-state index is 14.0. The molecule has 0 aliphatic carbocycles. The van der Waals surface area contributed by atoms with E-state index in [0.717, 1.165) is 18.4 Å². The predicted molar refractivity (Wildman–Crippen MR) is 80.3 cm³/mol. The summed E-state index contributed by atoms with van der Waals surface area (Å²) in [4.78, 5) is 8.54. The van der Waals surface area contributed by atoms with Crippen LogP contribution in [0.1, 0.15) is 31.5 Å². The lowest BCUT2D eigenvalue weighted by atomic mass is 10.1. The largest absolute Gasteiger partial charge is 0.368 e. The summed E-state index contributed by atoms with van der Waals surface area (Å²) < 4.78 is 14.0. The van der Waals surface area contributed by atoms with Gasteiger partial charge in [-0.15, -0.1) is 0 Å². The number of rotatable bonds is 5. The highest BCUT2D eigenvalue weighted by Crippen LogP contribution is 2.21. The normalized spacial score (nSPS) is 10.6. The van der Waals surface area contributed by atoms with Crippen LogP contribution in [0.5, 0.6) is 0 Å². The van der Waals surface area contributed by atoms with Crippen LogP contribution in [0.4, 0.5) is 10.2 Å². The van der Waals surface area contributed by atoms with E-state index in [1.54, 1.807) is 6.92 Å². The zero-order valence-corrected chi connectivity index (χ0v) is 12.2. The molecule has 1 aromatic heterocycles. The number of halogens is 1. The van der Waals surface area contributed by atoms with Crippen molar-refractivity contribution in [1.82, 2.24) is 9.97 Å². The molecule has 0 saturated heterocycles. The average molecular weight is 273 g/mol. The molecule has 0 aliphatic heterocycles. The fraction of sp³-hybridized carbons (Fsp3) is 0.375. The van der Waals surface area contributed by atoms with Crippen molar-refractivity contribution in [1.29, 1.82) is 0 Å². The Bertz CT molecular complexity index is 579. The molecule has 1 aromatic carbocycles. The van der Waals surface area contributed by atoms with Gasteiger partial charge in [0.25, 0.3) is 0 Å². The molecule has 2 rings (SSSR count). The Morgan fingerprint density at radius 2 is 1.80 bits per heavy atom. The Kier molecular flexibility index (Phi) is 4.66. The lowest BCUT2D eigenvalue weighted by Crippen LogP contribution is -2.08. The predicted octanol–water partition coefficient (Wildman–Crippen LogP) is 3.98. The minimum Gasteiger partial charge on any atom is -0.368 e. The van der Waals surface area contributed by atoms with E-state index in [-0.39, 0.29) is 11.6 Å². The molecule has 106 valence electrons. The Hall–Kier alpha value is -1.97. The molecular formula is C16H20FN3. The number of anilines is 1. The molecule has 0 amide bonds. The molecule has 0 unspecified atom stereocenters. The first kappa shape index (κ1) is 14.4. The number of aromatic nitrogens is 2. The lowest BCUT2D eigenvalue weighted by Gasteiger charge is -2.10. The molecule has 20 heavy (non-hydrogen) atoms. The van der Waals surface area contributed by atoms with Gasteiger partial charge in [0.05, 0.1) is 5.69 Å². The summed E-state index contributed by atoms with van der Waals surface area (Å²) in [5.41, 5.74) is 2.54. The van der Waals surface area contributed by atoms with E-state index in [2.05, 4.69) is 34.3 Å². The fourth-order valence-electron chi connectivity index (χ4n) is 1.94. The summed E-state index contributed by atoms with van der Waals surface area (Å²) in [7, 11) is 0. The van der Waals surface area contributed by atoms with E-state index in [9.17, 15) is 4.39 Å². The van der Waals surface area contributed by atoms with Gasteiger partial charge in [-0.05, 0) is 25.3 Å². The van der Waals surface area contributed by atoms with E-state index in [1.165, 1.54) is 5.56 Å². The van der Waals surface area contributed by atoms with Gasteiger partial charge in [-0.3, -0.25) is 0 Å². The minimum absolute atomic E-state index is 0.286. The van der Waals surface area contributed by atoms with Crippen LogP contribution in [0.25, 0.3) is 11.4 Å². The first-order valence-corrected chi connectivity index (χ1v) is 7.03. The second kappa shape index (κ2) is 6.46. The van der Waals surface area contributed by atoms with Gasteiger partial charge < -0.3 is 5.32 Å². The Morgan fingerprint density at radius 3 is 2.40 bits per heavy atom. The minimum atomic E-state index is -0.368. The third kappa shape index (κ3) is 3.13. The van der Waals surface area contributed by atoms with Crippen LogP contribution in [0.3, 0.4) is 0 Å². The highest BCUT2D eigenvalue weighted by atomic mass is 19.1. The molecule has 0 fully saturated rings. The van der Waals surface area contributed by atoms with Gasteiger partial charge in [-0.1, -0.05) is 38.1 Å². The van der Waals surface area contributed by atoms with Crippen LogP contribution in [-0.2, 0) is 6.42 Å². The molecule has 1 heterocycles. The van der Waals surface area contributed by atoms with Gasteiger partial charge in [0, 0.05) is 12.1 Å². The maximum Gasteiger partial charge on any atom is 0.186 e. The third-order valence-corrected chi connectivity index (χ3v) is 3.18. The van der Waals surface area contributed by atoms with Crippen molar-refractivity contribution in [3.63, 3.8) is 0 Å². The van der Waals surface area contributed by atoms with Crippen molar-refractivity contribution in [2.24, 2.45) is 0 Å². The molecule has 0 bridgehead atoms. The van der Waals surface area contributed by atoms with Gasteiger partial charge in [0.15, 0.2) is 17.5 Å². The van der Waals surface area contributed by atoms with E-state index in [1.807, 2.05) is 19.1 Å². The van der Waals surface area contributed by atoms with E-state index in [0.29, 0.717) is 18.1 Å². The zero-order chi connectivity index (χ0) is 14.5. The smallest absolute Gasteiger partial charge is 0.186 e. The van der Waals surface area contributed by atoms with Crippen molar-refractivity contribution >= 4 is 5.82 Å². The summed E-state index contributed by atoms with van der Waals surface area (Å²) in [5.74, 6) is 0.478. The van der Waals surface area contributed by atoms with Crippen molar-refractivity contribution < 1.29 is 4.39 Å². The lowest BCUT2D eigenvalue weighted by molar-refractivity contribution is 0.605. The Balaban J connectivity index is 2.37. The number of benzene rings is 1. The van der Waals surface area contributed by atoms with Gasteiger partial charge in [-0.25, -0.2) is 14.4 Å². The second-order valence-electron chi connectivity index (χ2n) is 4.77. The number of nitrogens with one attached hydrogen (secondary N) is 1. The summed E-state index contributed by atoms with van der Waals surface area (Å²) in [6.45, 7) is 6.50. The third-order valence-electron chi connectivity index (χ3n) is 3.18. The van der Waals surface area contributed by atoms with Crippen LogP contribution in [0, 0.1) is 12.7 Å². The maximum atomic E-state index is 14.0. The van der Waals surface area contributed by atoms with Crippen LogP contribution in [0.2, 0.25) is 0 Å². The number of hydrogen-bond donors (Lipinski definition) is 1. The fourth-order valence-corrected chi connectivity index (χ4v) is 1.94. The molecule has 0 spiro atoms. The van der Waals surface area contributed by atoms with E-state index in [4.69, 9.17) is 0 Å². The van der Waals surface area contributed by atoms with Crippen molar-refractivity contribution in [3.05, 3.63) is 41.3 Å². The highest BCUT2D eigenvalue weighted by molar-refractivity contribution is 5.58. The summed E-state index contributed by atoms with van der Waals surface area (Å²) >= 11 is 0. The van der Waals surface area contributed by atoms with Gasteiger partial charge in [-0.2, -0.15) is 0 Å². The summed E-state index contributed by atoms with van der Waals surface area (Å²) in [6, 6.07) is 8.07. The quantitative estimate of drug-likeness (QED) is 0.895. The first-order valence-electron chi connectivity index (χ1n) is 7.03. The molecule has 0 aliphatic rings. The Labute approximate surface area is 119 Å². The van der Waals surface area contributed by atoms with Crippen molar-refractivity contribution in [2.75, 3.05) is 11.9 Å². The average Bonchev–Trinajstić information content (AvgIpc) is 2.48. The van der Waals surface area contributed by atoms with Crippen molar-refractivity contribution in [3.8, 4) is 11.4 Å². The van der Waals surface area contributed by atoms with E-state index < -0.39 is 0 Å². The van der Waals surface area contributed by atoms with Crippen LogP contribution < -0.4 is 5.32 Å². The highest BCUT2D eigenvalue weighted by Gasteiger charge is 2.12. The first-order chi connectivity index (χ1) is 9.65. The molecule has 0 atom stereocenters. The van der Waals surface area contributed by atoms with Gasteiger partial charge in [0.1, 0.15) is 0 Å². The second-order valence-corrected chi connectivity index (χ2v) is 4.77. The molecule has 0 saturated carbocycles. The van der Waals surface area contributed by atoms with Crippen LogP contribution >= 0.6 is 0 Å². The summed E-state index contributed by atoms with van der Waals surface area (Å²) in [5, 5.41) is 3.01. The topological polar surface area (TPSA) is 37.8 Å². The van der Waals surface area contributed by atoms with E-state index >= 15 is 0 Å². The molecule has 1 N–H and O–H groups in total. The standard InChI is InChI=1S/C16H20FN3/c1-4-10-18-16-14(17)11(3)19-15(20-16)13-8-6-12(5-2)7-9-13/h6-9H,4-5,10H2,1-3H3,(H,18,19,20). The molecule has 2 aromatic rings. The SMILES string of the molecule is CCCNc1nc(-c2ccc(CC)cc2)nc(C)c1F.